The van der Waals surface area contributed by atoms with Crippen LogP contribution in [0, 0.1) is 0 Å². The molecule has 0 heterocycles. The van der Waals surface area contributed by atoms with Crippen LogP contribution in [0.15, 0.2) is 18.2 Å². The SMILES string of the molecule is CCCOc1ccc(C(C)C)cc1O. The summed E-state index contributed by atoms with van der Waals surface area (Å²) < 4.78 is 5.37. The summed E-state index contributed by atoms with van der Waals surface area (Å²) in [5, 5.41) is 9.64. The molecular weight excluding hydrogens is 176 g/mol. The molecule has 0 spiro atoms. The zero-order valence-corrected chi connectivity index (χ0v) is 9.08. The predicted octanol–water partition coefficient (Wildman–Crippen LogP) is 3.30. The molecule has 0 aliphatic carbocycles. The van der Waals surface area contributed by atoms with Crippen LogP contribution >= 0.6 is 0 Å². The molecule has 0 bridgehead atoms. The van der Waals surface area contributed by atoms with Gasteiger partial charge < -0.3 is 9.84 Å². The Balaban J connectivity index is 2.79. The predicted molar refractivity (Wildman–Crippen MR) is 58.0 cm³/mol. The average molecular weight is 194 g/mol. The van der Waals surface area contributed by atoms with E-state index >= 15 is 0 Å². The van der Waals surface area contributed by atoms with Crippen LogP contribution < -0.4 is 4.74 Å². The summed E-state index contributed by atoms with van der Waals surface area (Å²) in [5.74, 6) is 1.25. The molecule has 1 aromatic carbocycles. The fraction of sp³-hybridized carbons (Fsp3) is 0.500. The number of hydrogen-bond donors (Lipinski definition) is 1. The Bertz CT molecular complexity index is 292. The van der Waals surface area contributed by atoms with Gasteiger partial charge in [0.25, 0.3) is 0 Å². The van der Waals surface area contributed by atoms with Gasteiger partial charge in [-0.15, -0.1) is 0 Å². The molecule has 0 radical (unpaired) electrons. The molecule has 0 unspecified atom stereocenters. The van der Waals surface area contributed by atoms with Crippen LogP contribution in [0.4, 0.5) is 0 Å². The second kappa shape index (κ2) is 4.89. The van der Waals surface area contributed by atoms with Gasteiger partial charge in [-0.25, -0.2) is 0 Å². The third-order valence-corrected chi connectivity index (χ3v) is 2.11. The second-order valence-electron chi connectivity index (χ2n) is 3.73. The van der Waals surface area contributed by atoms with Gasteiger partial charge in [-0.2, -0.15) is 0 Å². The first-order valence-electron chi connectivity index (χ1n) is 5.10. The van der Waals surface area contributed by atoms with Crippen LogP contribution in [-0.4, -0.2) is 11.7 Å². The molecule has 0 amide bonds. The Kier molecular flexibility index (Phi) is 3.81. The van der Waals surface area contributed by atoms with Crippen molar-refractivity contribution in [1.29, 1.82) is 0 Å². The van der Waals surface area contributed by atoms with E-state index in [2.05, 4.69) is 13.8 Å². The lowest BCUT2D eigenvalue weighted by molar-refractivity contribution is 0.299. The summed E-state index contributed by atoms with van der Waals surface area (Å²) in [4.78, 5) is 0. The minimum absolute atomic E-state index is 0.240. The van der Waals surface area contributed by atoms with Crippen LogP contribution in [0.3, 0.4) is 0 Å². The zero-order chi connectivity index (χ0) is 10.6. The number of benzene rings is 1. The quantitative estimate of drug-likeness (QED) is 0.796. The number of aromatic hydroxyl groups is 1. The summed E-state index contributed by atoms with van der Waals surface area (Å²) >= 11 is 0. The third kappa shape index (κ3) is 2.66. The van der Waals surface area contributed by atoms with Gasteiger partial charge >= 0.3 is 0 Å². The minimum atomic E-state index is 0.240. The van der Waals surface area contributed by atoms with Crippen molar-refractivity contribution < 1.29 is 9.84 Å². The highest BCUT2D eigenvalue weighted by atomic mass is 16.5. The maximum atomic E-state index is 9.64. The molecule has 0 aromatic heterocycles. The van der Waals surface area contributed by atoms with E-state index in [1.54, 1.807) is 6.07 Å². The number of rotatable bonds is 4. The molecule has 78 valence electrons. The summed E-state index contributed by atoms with van der Waals surface area (Å²) in [6.45, 7) is 6.89. The van der Waals surface area contributed by atoms with Gasteiger partial charge in [0, 0.05) is 0 Å². The molecule has 1 aromatic rings. The van der Waals surface area contributed by atoms with E-state index in [1.165, 1.54) is 0 Å². The van der Waals surface area contributed by atoms with Gasteiger partial charge in [0.15, 0.2) is 11.5 Å². The lowest BCUT2D eigenvalue weighted by Gasteiger charge is -2.10. The van der Waals surface area contributed by atoms with Crippen LogP contribution in [0.25, 0.3) is 0 Å². The van der Waals surface area contributed by atoms with Gasteiger partial charge in [0.1, 0.15) is 0 Å². The van der Waals surface area contributed by atoms with Crippen molar-refractivity contribution in [2.75, 3.05) is 6.61 Å². The molecule has 0 fully saturated rings. The minimum Gasteiger partial charge on any atom is -0.504 e. The average Bonchev–Trinajstić information content (AvgIpc) is 2.15. The van der Waals surface area contributed by atoms with Crippen LogP contribution in [-0.2, 0) is 0 Å². The summed E-state index contributed by atoms with van der Waals surface area (Å²) in [5.41, 5.74) is 1.13. The smallest absolute Gasteiger partial charge is 0.160 e. The van der Waals surface area contributed by atoms with Crippen LogP contribution in [0.2, 0.25) is 0 Å². The molecule has 14 heavy (non-hydrogen) atoms. The Morgan fingerprint density at radius 2 is 2.07 bits per heavy atom. The summed E-state index contributed by atoms with van der Waals surface area (Å²) in [7, 11) is 0. The van der Waals surface area contributed by atoms with Crippen LogP contribution in [0.5, 0.6) is 11.5 Å². The zero-order valence-electron chi connectivity index (χ0n) is 9.08. The monoisotopic (exact) mass is 194 g/mol. The molecule has 1 rings (SSSR count). The lowest BCUT2D eigenvalue weighted by atomic mass is 10.0. The summed E-state index contributed by atoms with van der Waals surface area (Å²) in [6.07, 6.45) is 0.950. The fourth-order valence-corrected chi connectivity index (χ4v) is 1.23. The number of phenolic OH excluding ortho intramolecular Hbond substituents is 1. The molecule has 1 N–H and O–H groups in total. The molecule has 0 saturated heterocycles. The third-order valence-electron chi connectivity index (χ3n) is 2.11. The van der Waals surface area contributed by atoms with E-state index in [0.29, 0.717) is 18.3 Å². The van der Waals surface area contributed by atoms with Crippen molar-refractivity contribution in [3.05, 3.63) is 23.8 Å². The molecule has 0 saturated carbocycles. The van der Waals surface area contributed by atoms with E-state index in [9.17, 15) is 5.11 Å². The van der Waals surface area contributed by atoms with Gasteiger partial charge in [-0.3, -0.25) is 0 Å². The Labute approximate surface area is 85.5 Å². The molecule has 0 aliphatic heterocycles. The molecule has 2 nitrogen and oxygen atoms in total. The van der Waals surface area contributed by atoms with Crippen molar-refractivity contribution in [3.8, 4) is 11.5 Å². The number of phenols is 1. The normalized spacial score (nSPS) is 10.6. The van der Waals surface area contributed by atoms with Gasteiger partial charge in [-0.1, -0.05) is 26.8 Å². The van der Waals surface area contributed by atoms with Crippen molar-refractivity contribution in [1.82, 2.24) is 0 Å². The molecule has 0 aliphatic rings. The molecular formula is C12H18O2. The van der Waals surface area contributed by atoms with Gasteiger partial charge in [0.05, 0.1) is 6.61 Å². The Morgan fingerprint density at radius 3 is 2.57 bits per heavy atom. The highest BCUT2D eigenvalue weighted by Crippen LogP contribution is 2.29. The van der Waals surface area contributed by atoms with Crippen molar-refractivity contribution in [2.24, 2.45) is 0 Å². The van der Waals surface area contributed by atoms with Crippen molar-refractivity contribution >= 4 is 0 Å². The maximum Gasteiger partial charge on any atom is 0.160 e. The van der Waals surface area contributed by atoms with Crippen molar-refractivity contribution in [2.45, 2.75) is 33.1 Å². The topological polar surface area (TPSA) is 29.5 Å². The van der Waals surface area contributed by atoms with E-state index in [-0.39, 0.29) is 5.75 Å². The fourth-order valence-electron chi connectivity index (χ4n) is 1.23. The number of ether oxygens (including phenoxy) is 1. The van der Waals surface area contributed by atoms with E-state index in [1.807, 2.05) is 19.1 Å². The number of hydrogen-bond acceptors (Lipinski definition) is 2. The first-order valence-corrected chi connectivity index (χ1v) is 5.10. The van der Waals surface area contributed by atoms with Gasteiger partial charge in [-0.05, 0) is 30.0 Å². The van der Waals surface area contributed by atoms with E-state index in [4.69, 9.17) is 4.74 Å². The van der Waals surface area contributed by atoms with E-state index in [0.717, 1.165) is 12.0 Å². The first-order chi connectivity index (χ1) is 6.65. The second-order valence-corrected chi connectivity index (χ2v) is 3.73. The Hall–Kier alpha value is -1.18. The molecule has 2 heteroatoms. The highest BCUT2D eigenvalue weighted by molar-refractivity contribution is 5.42. The maximum absolute atomic E-state index is 9.64. The first kappa shape index (κ1) is 10.9. The molecule has 0 atom stereocenters. The highest BCUT2D eigenvalue weighted by Gasteiger charge is 2.05. The van der Waals surface area contributed by atoms with E-state index < -0.39 is 0 Å². The lowest BCUT2D eigenvalue weighted by Crippen LogP contribution is -1.96. The summed E-state index contributed by atoms with van der Waals surface area (Å²) in [6, 6.07) is 5.60. The van der Waals surface area contributed by atoms with Gasteiger partial charge in [0.2, 0.25) is 0 Å². The van der Waals surface area contributed by atoms with Crippen LogP contribution in [0.1, 0.15) is 38.7 Å². The largest absolute Gasteiger partial charge is 0.504 e. The Morgan fingerprint density at radius 1 is 1.36 bits per heavy atom. The standard InChI is InChI=1S/C12H18O2/c1-4-7-14-12-6-5-10(9(2)3)8-11(12)13/h5-6,8-9,13H,4,7H2,1-3H3. The van der Waals surface area contributed by atoms with Crippen molar-refractivity contribution in [3.63, 3.8) is 0 Å².